The molecule has 0 aromatic carbocycles. The summed E-state index contributed by atoms with van der Waals surface area (Å²) in [5.41, 5.74) is 0. The molecule has 0 bridgehead atoms. The number of rotatable bonds is 35. The summed E-state index contributed by atoms with van der Waals surface area (Å²) >= 11 is 0. The minimum Gasteiger partial charge on any atom is -0.389 e. The summed E-state index contributed by atoms with van der Waals surface area (Å²) in [4.78, 5) is 23.0. The van der Waals surface area contributed by atoms with Gasteiger partial charge in [-0.05, 0) is 44.9 Å². The fourth-order valence-electron chi connectivity index (χ4n) is 5.37. The Kier molecular flexibility index (Phi) is 32.0. The van der Waals surface area contributed by atoms with Gasteiger partial charge >= 0.3 is 7.82 Å². The average Bonchev–Trinajstić information content (AvgIpc) is 3.06. The fourth-order valence-corrected chi connectivity index (χ4v) is 6.10. The number of carbonyl (C=O) groups excluding carboxylic acids is 1. The van der Waals surface area contributed by atoms with Gasteiger partial charge in [0.15, 0.2) is 0 Å². The molecule has 0 aromatic heterocycles. The summed E-state index contributed by atoms with van der Waals surface area (Å²) < 4.78 is 23.4. The zero-order chi connectivity index (χ0) is 38.1. The average molecular weight is 742 g/mol. The quantitative estimate of drug-likeness (QED) is 0.0168. The zero-order valence-electron chi connectivity index (χ0n) is 33.2. The van der Waals surface area contributed by atoms with E-state index in [1.54, 1.807) is 12.2 Å². The molecule has 9 nitrogen and oxygen atoms in total. The lowest BCUT2D eigenvalue weighted by Gasteiger charge is -2.25. The Morgan fingerprint density at radius 3 is 1.88 bits per heavy atom. The first kappa shape index (κ1) is 49.4. The van der Waals surface area contributed by atoms with Gasteiger partial charge in [0.25, 0.3) is 0 Å². The number of carbonyl (C=O) groups is 1. The van der Waals surface area contributed by atoms with E-state index in [0.717, 1.165) is 64.2 Å². The molecule has 2 unspecified atom stereocenters. The maximum Gasteiger partial charge on any atom is 0.472 e. The Morgan fingerprint density at radius 2 is 1.29 bits per heavy atom. The van der Waals surface area contributed by atoms with Crippen molar-refractivity contribution in [2.24, 2.45) is 0 Å². The summed E-state index contributed by atoms with van der Waals surface area (Å²) in [6, 6.07) is -0.872. The Morgan fingerprint density at radius 1 is 0.725 bits per heavy atom. The largest absolute Gasteiger partial charge is 0.472 e. The molecule has 0 rings (SSSR count). The third kappa shape index (κ3) is 35.2. The van der Waals surface area contributed by atoms with E-state index in [0.29, 0.717) is 23.9 Å². The van der Waals surface area contributed by atoms with Crippen LogP contribution in [0.5, 0.6) is 0 Å². The molecule has 0 heterocycles. The first-order valence-electron chi connectivity index (χ1n) is 20.1. The van der Waals surface area contributed by atoms with Gasteiger partial charge in [-0.1, -0.05) is 146 Å². The predicted molar refractivity (Wildman–Crippen MR) is 213 cm³/mol. The highest BCUT2D eigenvalue weighted by Crippen LogP contribution is 2.43. The molecule has 0 radical (unpaired) electrons. The van der Waals surface area contributed by atoms with Crippen LogP contribution in [0.4, 0.5) is 0 Å². The van der Waals surface area contributed by atoms with Crippen LogP contribution in [0.2, 0.25) is 0 Å². The van der Waals surface area contributed by atoms with Crippen molar-refractivity contribution in [1.82, 2.24) is 5.32 Å². The second-order valence-electron chi connectivity index (χ2n) is 14.8. The van der Waals surface area contributed by atoms with Gasteiger partial charge in [0, 0.05) is 6.42 Å². The number of nitrogens with zero attached hydrogens (tertiary/aromatic N) is 1. The van der Waals surface area contributed by atoms with Gasteiger partial charge in [-0.3, -0.25) is 13.8 Å². The molecule has 0 spiro atoms. The Hall–Kier alpha value is -1.58. The third-order valence-electron chi connectivity index (χ3n) is 8.64. The number of quaternary nitrogens is 1. The van der Waals surface area contributed by atoms with Crippen LogP contribution in [-0.4, -0.2) is 84.6 Å². The van der Waals surface area contributed by atoms with Crippen LogP contribution in [-0.2, 0) is 18.4 Å². The van der Waals surface area contributed by atoms with E-state index in [-0.39, 0.29) is 19.1 Å². The molecule has 0 aromatic rings. The third-order valence-corrected chi connectivity index (χ3v) is 9.62. The molecule has 0 aliphatic rings. The molecule has 0 fully saturated rings. The maximum atomic E-state index is 12.8. The lowest BCUT2D eigenvalue weighted by atomic mass is 10.0. The number of hydrogen-bond donors (Lipinski definition) is 4. The first-order chi connectivity index (χ1) is 24.4. The van der Waals surface area contributed by atoms with E-state index in [2.05, 4.69) is 31.3 Å². The van der Waals surface area contributed by atoms with Crippen LogP contribution < -0.4 is 5.32 Å². The van der Waals surface area contributed by atoms with Crippen molar-refractivity contribution < 1.29 is 38.0 Å². The second-order valence-corrected chi connectivity index (χ2v) is 16.3. The van der Waals surface area contributed by atoms with Gasteiger partial charge in [-0.25, -0.2) is 4.57 Å². The molecule has 4 atom stereocenters. The van der Waals surface area contributed by atoms with E-state index in [9.17, 15) is 24.5 Å². The molecule has 0 aliphatic heterocycles. The van der Waals surface area contributed by atoms with Crippen LogP contribution in [0.3, 0.4) is 0 Å². The normalized spacial score (nSPS) is 15.7. The van der Waals surface area contributed by atoms with Crippen LogP contribution in [0.15, 0.2) is 48.6 Å². The van der Waals surface area contributed by atoms with Crippen molar-refractivity contribution in [1.29, 1.82) is 0 Å². The van der Waals surface area contributed by atoms with E-state index >= 15 is 0 Å². The predicted octanol–water partition coefficient (Wildman–Crippen LogP) is 9.49. The van der Waals surface area contributed by atoms with E-state index in [1.807, 2.05) is 45.4 Å². The second kappa shape index (κ2) is 33.0. The number of amides is 1. The monoisotopic (exact) mass is 742 g/mol. The van der Waals surface area contributed by atoms with Gasteiger partial charge in [0.05, 0.1) is 46.0 Å². The van der Waals surface area contributed by atoms with Crippen molar-refractivity contribution in [2.45, 2.75) is 167 Å². The van der Waals surface area contributed by atoms with Gasteiger partial charge in [-0.15, -0.1) is 0 Å². The van der Waals surface area contributed by atoms with Crippen LogP contribution in [0.25, 0.3) is 0 Å². The molecule has 298 valence electrons. The lowest BCUT2D eigenvalue weighted by Crippen LogP contribution is -2.45. The molecule has 10 heteroatoms. The Balaban J connectivity index is 4.59. The summed E-state index contributed by atoms with van der Waals surface area (Å²) in [6.07, 6.45) is 36.4. The Labute approximate surface area is 312 Å². The number of phosphoric acid groups is 1. The zero-order valence-corrected chi connectivity index (χ0v) is 34.1. The van der Waals surface area contributed by atoms with Gasteiger partial charge in [0.1, 0.15) is 13.2 Å². The van der Waals surface area contributed by atoms with Crippen LogP contribution >= 0.6 is 7.82 Å². The number of aliphatic hydroxyl groups is 2. The summed E-state index contributed by atoms with van der Waals surface area (Å²) in [5, 5.41) is 23.6. The minimum atomic E-state index is -4.35. The summed E-state index contributed by atoms with van der Waals surface area (Å²) in [7, 11) is 1.52. The van der Waals surface area contributed by atoms with Gasteiger partial charge in [0.2, 0.25) is 5.91 Å². The lowest BCUT2D eigenvalue weighted by molar-refractivity contribution is -0.870. The highest BCUT2D eigenvalue weighted by atomic mass is 31.2. The first-order valence-corrected chi connectivity index (χ1v) is 21.6. The summed E-state index contributed by atoms with van der Waals surface area (Å²) in [6.45, 7) is 4.55. The molecule has 1 amide bonds. The smallest absolute Gasteiger partial charge is 0.389 e. The van der Waals surface area contributed by atoms with Crippen molar-refractivity contribution in [2.75, 3.05) is 40.9 Å². The number of likely N-dealkylation sites (N-methyl/N-ethyl adjacent to an activating group) is 1. The fraction of sp³-hybridized carbons (Fsp3) is 0.780. The van der Waals surface area contributed by atoms with Crippen LogP contribution in [0, 0.1) is 0 Å². The van der Waals surface area contributed by atoms with Crippen molar-refractivity contribution in [3.8, 4) is 0 Å². The molecule has 51 heavy (non-hydrogen) atoms. The van der Waals surface area contributed by atoms with E-state index in [4.69, 9.17) is 9.05 Å². The summed E-state index contributed by atoms with van der Waals surface area (Å²) in [5.74, 6) is -0.220. The number of phosphoric ester groups is 1. The van der Waals surface area contributed by atoms with Crippen molar-refractivity contribution >= 4 is 13.7 Å². The Bertz CT molecular complexity index is 993. The highest BCUT2D eigenvalue weighted by molar-refractivity contribution is 7.47. The van der Waals surface area contributed by atoms with E-state index in [1.165, 1.54) is 57.8 Å². The number of aliphatic hydroxyl groups excluding tert-OH is 2. The molecular formula is C41H78N2O7P+. The van der Waals surface area contributed by atoms with Gasteiger partial charge in [-0.2, -0.15) is 0 Å². The van der Waals surface area contributed by atoms with Crippen molar-refractivity contribution in [3.63, 3.8) is 0 Å². The number of allylic oxidation sites excluding steroid dienone is 5. The molecule has 0 saturated carbocycles. The topological polar surface area (TPSA) is 125 Å². The number of nitrogens with one attached hydrogen (secondary N) is 1. The maximum absolute atomic E-state index is 12.8. The van der Waals surface area contributed by atoms with E-state index < -0.39 is 26.1 Å². The number of hydrogen-bond acceptors (Lipinski definition) is 6. The molecular weight excluding hydrogens is 663 g/mol. The van der Waals surface area contributed by atoms with Crippen LogP contribution in [0.1, 0.15) is 149 Å². The highest BCUT2D eigenvalue weighted by Gasteiger charge is 2.27. The molecule has 0 saturated heterocycles. The van der Waals surface area contributed by atoms with Gasteiger partial charge < -0.3 is 24.9 Å². The SMILES string of the molecule is CC/C=C/CC(O)/C=C/C=C/CCCCCCCC(=O)N[C@@H](COP(=O)(O)OCC[N+](C)(C)C)[C@H](O)/C=C/CCCCCCCCCCCCC. The molecule has 4 N–H and O–H groups in total. The van der Waals surface area contributed by atoms with Crippen molar-refractivity contribution in [3.05, 3.63) is 48.6 Å². The minimum absolute atomic E-state index is 0.0460. The number of unbranched alkanes of at least 4 members (excludes halogenated alkanes) is 16. The molecule has 0 aliphatic carbocycles. The standard InChI is InChI=1S/C41H77N2O7P/c1-6-8-10-11-12-13-14-15-16-19-22-25-29-33-40(45)39(37-50-51(47,48)49-36-35-43(3,4)5)42-41(46)34-30-26-23-20-17-18-21-24-28-32-38(44)31-27-9-7-2/h9,21,24,27-29,32-33,38-40,44-45H,6-8,10-20,22-23,25-26,30-31,34-37H2,1-5H3,(H-,42,46,47,48)/p+1/b24-21+,27-9+,32-28+,33-29+/t38?,39-,40+/m0/s1.